The lowest BCUT2D eigenvalue weighted by Gasteiger charge is -2.21. The highest BCUT2D eigenvalue weighted by atomic mass is 16.2. The number of hydrogen-bond acceptors (Lipinski definition) is 5. The van der Waals surface area contributed by atoms with Crippen molar-refractivity contribution in [2.75, 3.05) is 11.9 Å². The van der Waals surface area contributed by atoms with Crippen LogP contribution >= 0.6 is 0 Å². The highest BCUT2D eigenvalue weighted by molar-refractivity contribution is 5.94. The summed E-state index contributed by atoms with van der Waals surface area (Å²) in [5, 5.41) is 15.7. The van der Waals surface area contributed by atoms with E-state index in [9.17, 15) is 4.79 Å². The van der Waals surface area contributed by atoms with Crippen LogP contribution in [0.25, 0.3) is 0 Å². The molecule has 0 fully saturated rings. The van der Waals surface area contributed by atoms with Crippen LogP contribution in [-0.4, -0.2) is 42.9 Å². The number of carbonyl (C=O) groups excluding carboxylic acids is 1. The number of fused-ring (bicyclic) bond motifs is 1. The number of aromatic nitrogens is 6. The Balaban J connectivity index is 1.70. The van der Waals surface area contributed by atoms with E-state index in [0.717, 1.165) is 30.8 Å². The molecule has 1 atom stereocenters. The predicted octanol–water partition coefficient (Wildman–Crippen LogP) is 0.0221. The van der Waals surface area contributed by atoms with E-state index < -0.39 is 0 Å². The van der Waals surface area contributed by atoms with Gasteiger partial charge in [-0.3, -0.25) is 9.48 Å². The molecular formula is C12H17N7O. The van der Waals surface area contributed by atoms with E-state index in [0.29, 0.717) is 6.54 Å². The van der Waals surface area contributed by atoms with E-state index >= 15 is 0 Å². The summed E-state index contributed by atoms with van der Waals surface area (Å²) in [4.78, 5) is 14.2. The second-order valence-corrected chi connectivity index (χ2v) is 5.11. The van der Waals surface area contributed by atoms with Crippen LogP contribution in [0.4, 0.5) is 5.69 Å². The quantitative estimate of drug-likeness (QED) is 0.772. The van der Waals surface area contributed by atoms with Gasteiger partial charge in [-0.05, 0) is 23.3 Å². The van der Waals surface area contributed by atoms with E-state index in [1.54, 1.807) is 27.5 Å². The molecule has 2 aromatic rings. The maximum absolute atomic E-state index is 12.6. The van der Waals surface area contributed by atoms with E-state index in [1.807, 2.05) is 13.2 Å². The Morgan fingerprint density at radius 1 is 1.45 bits per heavy atom. The summed E-state index contributed by atoms with van der Waals surface area (Å²) >= 11 is 0. The highest BCUT2D eigenvalue weighted by Gasteiger charge is 2.27. The van der Waals surface area contributed by atoms with Gasteiger partial charge in [-0.1, -0.05) is 0 Å². The molecule has 0 spiro atoms. The average Bonchev–Trinajstić information content (AvgIpc) is 3.02. The molecule has 0 bridgehead atoms. The molecule has 8 heteroatoms. The second kappa shape index (κ2) is 5.03. The molecule has 0 aliphatic carbocycles. The molecule has 2 aromatic heterocycles. The number of rotatable bonds is 2. The third kappa shape index (κ3) is 2.28. The van der Waals surface area contributed by atoms with Gasteiger partial charge < -0.3 is 4.90 Å². The number of carbonyl (C=O) groups is 1. The second-order valence-electron chi connectivity index (χ2n) is 5.11. The zero-order valence-corrected chi connectivity index (χ0v) is 11.6. The predicted molar refractivity (Wildman–Crippen MR) is 70.9 cm³/mol. The summed E-state index contributed by atoms with van der Waals surface area (Å²) in [5.41, 5.74) is 0.819. The minimum Gasteiger partial charge on any atom is -0.312 e. The molecule has 3 heterocycles. The number of aryl methyl sites for hydroxylation is 3. The summed E-state index contributed by atoms with van der Waals surface area (Å²) in [7, 11) is 3.63. The first-order chi connectivity index (χ1) is 9.65. The minimum absolute atomic E-state index is 0.0105. The fourth-order valence-corrected chi connectivity index (χ4v) is 2.53. The topological polar surface area (TPSA) is 81.7 Å². The Hall–Kier alpha value is -2.25. The third-order valence-corrected chi connectivity index (χ3v) is 3.77. The fourth-order valence-electron chi connectivity index (χ4n) is 2.53. The molecule has 1 aliphatic rings. The summed E-state index contributed by atoms with van der Waals surface area (Å²) in [6.07, 6.45) is 5.83. The SMILES string of the molecule is CN(C(=O)[C@H]1CCc2nnnn2CC1)c1cnn(C)c1. The lowest BCUT2D eigenvalue weighted by Crippen LogP contribution is -2.33. The Morgan fingerprint density at radius 2 is 2.30 bits per heavy atom. The summed E-state index contributed by atoms with van der Waals surface area (Å²) in [6.45, 7) is 0.694. The lowest BCUT2D eigenvalue weighted by molar-refractivity contribution is -0.122. The molecule has 0 radical (unpaired) electrons. The first-order valence-electron chi connectivity index (χ1n) is 6.66. The van der Waals surface area contributed by atoms with Crippen molar-refractivity contribution in [3.05, 3.63) is 18.2 Å². The number of nitrogens with zero attached hydrogens (tertiary/aromatic N) is 7. The van der Waals surface area contributed by atoms with Crippen LogP contribution in [0, 0.1) is 5.92 Å². The Morgan fingerprint density at radius 3 is 3.05 bits per heavy atom. The van der Waals surface area contributed by atoms with Crippen LogP contribution in [0.3, 0.4) is 0 Å². The van der Waals surface area contributed by atoms with Gasteiger partial charge in [-0.2, -0.15) is 5.10 Å². The number of hydrogen-bond donors (Lipinski definition) is 0. The first-order valence-corrected chi connectivity index (χ1v) is 6.66. The lowest BCUT2D eigenvalue weighted by atomic mass is 9.99. The fraction of sp³-hybridized carbons (Fsp3) is 0.583. The van der Waals surface area contributed by atoms with E-state index in [-0.39, 0.29) is 11.8 Å². The van der Waals surface area contributed by atoms with Gasteiger partial charge in [0.25, 0.3) is 0 Å². The molecule has 1 amide bonds. The molecule has 3 rings (SSSR count). The van der Waals surface area contributed by atoms with Crippen molar-refractivity contribution in [2.45, 2.75) is 25.8 Å². The molecule has 106 valence electrons. The largest absolute Gasteiger partial charge is 0.312 e. The van der Waals surface area contributed by atoms with Crippen molar-refractivity contribution in [3.63, 3.8) is 0 Å². The Bertz CT molecular complexity index is 594. The zero-order chi connectivity index (χ0) is 14.1. The van der Waals surface area contributed by atoms with Crippen LogP contribution < -0.4 is 4.90 Å². The van der Waals surface area contributed by atoms with Gasteiger partial charge in [-0.25, -0.2) is 4.68 Å². The van der Waals surface area contributed by atoms with Gasteiger partial charge >= 0.3 is 0 Å². The summed E-state index contributed by atoms with van der Waals surface area (Å²) in [5.74, 6) is 0.977. The van der Waals surface area contributed by atoms with E-state index in [4.69, 9.17) is 0 Å². The van der Waals surface area contributed by atoms with Crippen molar-refractivity contribution < 1.29 is 4.79 Å². The van der Waals surface area contributed by atoms with Crippen molar-refractivity contribution in [1.82, 2.24) is 30.0 Å². The maximum atomic E-state index is 12.6. The van der Waals surface area contributed by atoms with Gasteiger partial charge in [0.1, 0.15) is 0 Å². The Kier molecular flexibility index (Phi) is 3.21. The van der Waals surface area contributed by atoms with Crippen molar-refractivity contribution in [1.29, 1.82) is 0 Å². The number of amides is 1. The maximum Gasteiger partial charge on any atom is 0.230 e. The number of anilines is 1. The molecule has 1 aliphatic heterocycles. The first kappa shape index (κ1) is 12.8. The molecule has 8 nitrogen and oxygen atoms in total. The molecule has 20 heavy (non-hydrogen) atoms. The van der Waals surface area contributed by atoms with Crippen LogP contribution in [0.2, 0.25) is 0 Å². The standard InChI is InChI=1S/C12H17N7O/c1-17-8-10(7-13-17)18(2)12(20)9-3-4-11-14-15-16-19(11)6-5-9/h7-9H,3-6H2,1-2H3/t9-/m0/s1. The van der Waals surface area contributed by atoms with Crippen LogP contribution in [0.15, 0.2) is 12.4 Å². The van der Waals surface area contributed by atoms with Gasteiger partial charge in [0.15, 0.2) is 5.82 Å². The van der Waals surface area contributed by atoms with Gasteiger partial charge in [0.05, 0.1) is 11.9 Å². The van der Waals surface area contributed by atoms with E-state index in [2.05, 4.69) is 20.6 Å². The normalized spacial score (nSPS) is 18.4. The molecule has 0 aromatic carbocycles. The molecule has 0 N–H and O–H groups in total. The number of tetrazole rings is 1. The van der Waals surface area contributed by atoms with Gasteiger partial charge in [0, 0.05) is 39.2 Å². The van der Waals surface area contributed by atoms with E-state index in [1.165, 1.54) is 0 Å². The molecule has 0 saturated carbocycles. The zero-order valence-electron chi connectivity index (χ0n) is 11.6. The van der Waals surface area contributed by atoms with Gasteiger partial charge in [0.2, 0.25) is 5.91 Å². The van der Waals surface area contributed by atoms with Crippen LogP contribution in [0.5, 0.6) is 0 Å². The van der Waals surface area contributed by atoms with Crippen molar-refractivity contribution in [2.24, 2.45) is 13.0 Å². The summed E-state index contributed by atoms with van der Waals surface area (Å²) in [6, 6.07) is 0. The molecule has 0 unspecified atom stereocenters. The molecule has 0 saturated heterocycles. The van der Waals surface area contributed by atoms with Crippen LogP contribution in [-0.2, 0) is 24.8 Å². The van der Waals surface area contributed by atoms with Crippen molar-refractivity contribution in [3.8, 4) is 0 Å². The van der Waals surface area contributed by atoms with Crippen LogP contribution in [0.1, 0.15) is 18.7 Å². The Labute approximate surface area is 116 Å². The summed E-state index contributed by atoms with van der Waals surface area (Å²) < 4.78 is 3.48. The third-order valence-electron chi connectivity index (χ3n) is 3.77. The highest BCUT2D eigenvalue weighted by Crippen LogP contribution is 2.22. The monoisotopic (exact) mass is 275 g/mol. The van der Waals surface area contributed by atoms with Crippen molar-refractivity contribution >= 4 is 11.6 Å². The average molecular weight is 275 g/mol. The van der Waals surface area contributed by atoms with Gasteiger partial charge in [-0.15, -0.1) is 5.10 Å². The molecular weight excluding hydrogens is 258 g/mol. The smallest absolute Gasteiger partial charge is 0.230 e. The minimum atomic E-state index is -0.0105.